The van der Waals surface area contributed by atoms with Crippen LogP contribution in [0.2, 0.25) is 0 Å². The van der Waals surface area contributed by atoms with Crippen LogP contribution in [-0.2, 0) is 11.3 Å². The average molecular weight is 390 g/mol. The number of hydrogen-bond donors (Lipinski definition) is 3. The molecule has 1 saturated carbocycles. The normalized spacial score (nSPS) is 20.5. The zero-order valence-electron chi connectivity index (χ0n) is 12.3. The number of hydrogen-bond acceptors (Lipinski definition) is 4. The summed E-state index contributed by atoms with van der Waals surface area (Å²) in [4.78, 5) is 24.5. The molecule has 8 heteroatoms. The molecule has 22 heavy (non-hydrogen) atoms. The van der Waals surface area contributed by atoms with Gasteiger partial charge in [-0.3, -0.25) is 9.69 Å². The van der Waals surface area contributed by atoms with Crippen molar-refractivity contribution in [1.82, 2.24) is 15.5 Å². The summed E-state index contributed by atoms with van der Waals surface area (Å²) in [7, 11) is 0. The number of likely N-dealkylation sites (N-methyl/N-ethyl adjacent to an activating group) is 1. The molecule has 1 aliphatic rings. The SMILES string of the molecule is CCN(CC(=O)O)C1CC(NC(=O)NCc2ccsc2Br)C1. The Morgan fingerprint density at radius 1 is 1.50 bits per heavy atom. The molecule has 0 radical (unpaired) electrons. The topological polar surface area (TPSA) is 81.7 Å². The molecule has 1 aromatic rings. The van der Waals surface area contributed by atoms with Crippen LogP contribution in [0.1, 0.15) is 25.3 Å². The van der Waals surface area contributed by atoms with Crippen LogP contribution >= 0.6 is 27.3 Å². The minimum atomic E-state index is -0.808. The Balaban J connectivity index is 1.67. The van der Waals surface area contributed by atoms with Crippen molar-refractivity contribution in [3.05, 3.63) is 20.8 Å². The maximum absolute atomic E-state index is 11.8. The standard InChI is InChI=1S/C14H20BrN3O3S/c1-2-18(8-12(19)20)11-5-10(6-11)17-14(21)16-7-9-3-4-22-13(9)15/h3-4,10-11H,2,5-8H2,1H3,(H,19,20)(H2,16,17,21). The zero-order chi connectivity index (χ0) is 16.1. The lowest BCUT2D eigenvalue weighted by Crippen LogP contribution is -2.56. The van der Waals surface area contributed by atoms with Gasteiger partial charge in [-0.15, -0.1) is 11.3 Å². The summed E-state index contributed by atoms with van der Waals surface area (Å²) in [5, 5.41) is 16.6. The van der Waals surface area contributed by atoms with Gasteiger partial charge in [0, 0.05) is 18.6 Å². The molecule has 0 aromatic carbocycles. The van der Waals surface area contributed by atoms with E-state index in [1.54, 1.807) is 11.3 Å². The highest BCUT2D eigenvalue weighted by molar-refractivity contribution is 9.11. The Kier molecular flexibility index (Phi) is 6.22. The maximum Gasteiger partial charge on any atom is 0.317 e. The fourth-order valence-electron chi connectivity index (χ4n) is 2.53. The average Bonchev–Trinajstić information content (AvgIpc) is 2.83. The summed E-state index contributed by atoms with van der Waals surface area (Å²) in [5.74, 6) is -0.808. The largest absolute Gasteiger partial charge is 0.480 e. The number of halogens is 1. The highest BCUT2D eigenvalue weighted by Gasteiger charge is 2.34. The third-order valence-electron chi connectivity index (χ3n) is 3.84. The number of carboxylic acid groups (broad SMARTS) is 1. The van der Waals surface area contributed by atoms with E-state index in [9.17, 15) is 9.59 Å². The van der Waals surface area contributed by atoms with Crippen molar-refractivity contribution in [2.45, 2.75) is 38.4 Å². The summed E-state index contributed by atoms with van der Waals surface area (Å²) in [6.45, 7) is 3.22. The first-order valence-electron chi connectivity index (χ1n) is 7.21. The zero-order valence-corrected chi connectivity index (χ0v) is 14.7. The quantitative estimate of drug-likeness (QED) is 0.667. The van der Waals surface area contributed by atoms with E-state index in [0.717, 1.165) is 22.2 Å². The molecule has 2 amide bonds. The molecule has 122 valence electrons. The fourth-order valence-corrected chi connectivity index (χ4v) is 3.77. The first-order chi connectivity index (χ1) is 10.5. The predicted molar refractivity (Wildman–Crippen MR) is 89.1 cm³/mol. The van der Waals surface area contributed by atoms with Crippen LogP contribution < -0.4 is 10.6 Å². The number of aliphatic carboxylic acids is 1. The molecule has 0 unspecified atom stereocenters. The van der Waals surface area contributed by atoms with Crippen LogP contribution in [0.3, 0.4) is 0 Å². The number of amides is 2. The molecule has 1 aromatic heterocycles. The Labute approximate surface area is 142 Å². The van der Waals surface area contributed by atoms with Crippen molar-refractivity contribution in [2.24, 2.45) is 0 Å². The summed E-state index contributed by atoms with van der Waals surface area (Å²) in [5.41, 5.74) is 1.06. The number of carboxylic acids is 1. The minimum Gasteiger partial charge on any atom is -0.480 e. The predicted octanol–water partition coefficient (Wildman–Crippen LogP) is 2.25. The van der Waals surface area contributed by atoms with Crippen LogP contribution in [0.25, 0.3) is 0 Å². The number of carbonyl (C=O) groups excluding carboxylic acids is 1. The van der Waals surface area contributed by atoms with Crippen LogP contribution in [0.15, 0.2) is 15.2 Å². The van der Waals surface area contributed by atoms with Crippen LogP contribution in [0.5, 0.6) is 0 Å². The fraction of sp³-hybridized carbons (Fsp3) is 0.571. The van der Waals surface area contributed by atoms with Crippen LogP contribution in [0.4, 0.5) is 4.79 Å². The van der Waals surface area contributed by atoms with Gasteiger partial charge in [0.1, 0.15) is 0 Å². The monoisotopic (exact) mass is 389 g/mol. The maximum atomic E-state index is 11.8. The van der Waals surface area contributed by atoms with Crippen molar-refractivity contribution in [3.63, 3.8) is 0 Å². The van der Waals surface area contributed by atoms with Gasteiger partial charge in [0.25, 0.3) is 0 Å². The molecule has 0 saturated heterocycles. The minimum absolute atomic E-state index is 0.0618. The number of thiophene rings is 1. The molecular weight excluding hydrogens is 370 g/mol. The molecule has 0 bridgehead atoms. The molecular formula is C14H20BrN3O3S. The first kappa shape index (κ1) is 17.2. The van der Waals surface area contributed by atoms with Crippen LogP contribution in [-0.4, -0.2) is 47.2 Å². The molecule has 0 aliphatic heterocycles. The van der Waals surface area contributed by atoms with E-state index in [0.29, 0.717) is 13.1 Å². The van der Waals surface area contributed by atoms with Gasteiger partial charge in [-0.2, -0.15) is 0 Å². The van der Waals surface area contributed by atoms with Gasteiger partial charge >= 0.3 is 12.0 Å². The summed E-state index contributed by atoms with van der Waals surface area (Å²) < 4.78 is 1.03. The van der Waals surface area contributed by atoms with Gasteiger partial charge in [0.2, 0.25) is 0 Å². The van der Waals surface area contributed by atoms with Gasteiger partial charge < -0.3 is 15.7 Å². The van der Waals surface area contributed by atoms with Gasteiger partial charge in [-0.25, -0.2) is 4.79 Å². The smallest absolute Gasteiger partial charge is 0.317 e. The number of rotatable bonds is 7. The second-order valence-corrected chi connectivity index (χ2v) is 7.56. The van der Waals surface area contributed by atoms with E-state index in [2.05, 4.69) is 26.6 Å². The van der Waals surface area contributed by atoms with Gasteiger partial charge in [0.05, 0.1) is 10.3 Å². The Hall–Kier alpha value is -1.12. The van der Waals surface area contributed by atoms with E-state index in [1.165, 1.54) is 0 Å². The van der Waals surface area contributed by atoms with E-state index < -0.39 is 5.97 Å². The highest BCUT2D eigenvalue weighted by Crippen LogP contribution is 2.26. The van der Waals surface area contributed by atoms with Crippen molar-refractivity contribution in [1.29, 1.82) is 0 Å². The lowest BCUT2D eigenvalue weighted by molar-refractivity contribution is -0.139. The van der Waals surface area contributed by atoms with Crippen molar-refractivity contribution in [2.75, 3.05) is 13.1 Å². The van der Waals surface area contributed by atoms with Gasteiger partial charge in [-0.05, 0) is 52.3 Å². The Bertz CT molecular complexity index is 531. The Morgan fingerprint density at radius 3 is 2.77 bits per heavy atom. The molecule has 3 N–H and O–H groups in total. The summed E-state index contributed by atoms with van der Waals surface area (Å²) in [6, 6.07) is 2.17. The van der Waals surface area contributed by atoms with E-state index in [-0.39, 0.29) is 24.7 Å². The third-order valence-corrected chi connectivity index (χ3v) is 5.65. The first-order valence-corrected chi connectivity index (χ1v) is 8.89. The number of nitrogens with one attached hydrogen (secondary N) is 2. The lowest BCUT2D eigenvalue weighted by Gasteiger charge is -2.42. The third kappa shape index (κ3) is 4.69. The molecule has 0 atom stereocenters. The number of carbonyl (C=O) groups is 2. The summed E-state index contributed by atoms with van der Waals surface area (Å²) in [6.07, 6.45) is 1.60. The van der Waals surface area contributed by atoms with Crippen molar-refractivity contribution >= 4 is 39.3 Å². The summed E-state index contributed by atoms with van der Waals surface area (Å²) >= 11 is 5.02. The van der Waals surface area contributed by atoms with Crippen LogP contribution in [0, 0.1) is 0 Å². The Morgan fingerprint density at radius 2 is 2.23 bits per heavy atom. The molecule has 1 fully saturated rings. The lowest BCUT2D eigenvalue weighted by atomic mass is 9.85. The van der Waals surface area contributed by atoms with Crippen molar-refractivity contribution in [3.8, 4) is 0 Å². The van der Waals surface area contributed by atoms with E-state index in [1.807, 2.05) is 23.3 Å². The number of nitrogens with zero attached hydrogens (tertiary/aromatic N) is 1. The van der Waals surface area contributed by atoms with Gasteiger partial charge in [-0.1, -0.05) is 6.92 Å². The highest BCUT2D eigenvalue weighted by atomic mass is 79.9. The molecule has 0 spiro atoms. The second-order valence-electron chi connectivity index (χ2n) is 5.33. The molecule has 1 aliphatic carbocycles. The second kappa shape index (κ2) is 7.94. The number of urea groups is 1. The van der Waals surface area contributed by atoms with Gasteiger partial charge in [0.15, 0.2) is 0 Å². The molecule has 2 rings (SSSR count). The molecule has 6 nitrogen and oxygen atoms in total. The van der Waals surface area contributed by atoms with Crippen molar-refractivity contribution < 1.29 is 14.7 Å². The van der Waals surface area contributed by atoms with E-state index >= 15 is 0 Å². The van der Waals surface area contributed by atoms with E-state index in [4.69, 9.17) is 5.11 Å². The molecule has 1 heterocycles.